The van der Waals surface area contributed by atoms with Gasteiger partial charge in [-0.05, 0) is 12.3 Å². The molecule has 0 aromatic rings. The van der Waals surface area contributed by atoms with Crippen LogP contribution in [0.1, 0.15) is 41.0 Å². The van der Waals surface area contributed by atoms with Gasteiger partial charge in [0.15, 0.2) is 5.78 Å². The van der Waals surface area contributed by atoms with E-state index < -0.39 is 6.04 Å². The van der Waals surface area contributed by atoms with Crippen LogP contribution < -0.4 is 5.32 Å². The number of urea groups is 1. The first-order valence-corrected chi connectivity index (χ1v) is 5.78. The van der Waals surface area contributed by atoms with E-state index in [1.165, 1.54) is 0 Å². The Morgan fingerprint density at radius 3 is 2.06 bits per heavy atom. The topological polar surface area (TPSA) is 49.4 Å². The summed E-state index contributed by atoms with van der Waals surface area (Å²) < 4.78 is 0. The molecule has 0 rings (SSSR count). The summed E-state index contributed by atoms with van der Waals surface area (Å²) in [4.78, 5) is 25.0. The van der Waals surface area contributed by atoms with Crippen molar-refractivity contribution in [3.05, 3.63) is 0 Å². The Morgan fingerprint density at radius 1 is 1.25 bits per heavy atom. The number of nitrogens with zero attached hydrogens (tertiary/aromatic N) is 1. The summed E-state index contributed by atoms with van der Waals surface area (Å²) in [5.41, 5.74) is -0.253. The Balaban J connectivity index is 4.70. The summed E-state index contributed by atoms with van der Waals surface area (Å²) in [6.07, 6.45) is 0.443. The Bertz CT molecular complexity index is 256. The van der Waals surface area contributed by atoms with Crippen LogP contribution in [0.2, 0.25) is 0 Å². The van der Waals surface area contributed by atoms with E-state index in [0.29, 0.717) is 13.0 Å². The predicted molar refractivity (Wildman–Crippen MR) is 65.4 cm³/mol. The maximum atomic E-state index is 11.8. The first-order chi connectivity index (χ1) is 7.23. The van der Waals surface area contributed by atoms with Gasteiger partial charge < -0.3 is 10.2 Å². The Labute approximate surface area is 98.4 Å². The van der Waals surface area contributed by atoms with Gasteiger partial charge in [0.05, 0.1) is 6.04 Å². The first kappa shape index (κ1) is 14.9. The van der Waals surface area contributed by atoms with Crippen molar-refractivity contribution < 1.29 is 9.59 Å². The van der Waals surface area contributed by atoms with Gasteiger partial charge >= 0.3 is 6.03 Å². The summed E-state index contributed by atoms with van der Waals surface area (Å²) in [5.74, 6) is 0.0744. The molecule has 4 nitrogen and oxygen atoms in total. The summed E-state index contributed by atoms with van der Waals surface area (Å²) in [5, 5.41) is 2.80. The van der Waals surface area contributed by atoms with E-state index in [0.717, 1.165) is 0 Å². The molecule has 1 atom stereocenters. The third kappa shape index (κ3) is 4.21. The van der Waals surface area contributed by atoms with Crippen molar-refractivity contribution in [3.63, 3.8) is 0 Å². The quantitative estimate of drug-likeness (QED) is 0.800. The van der Waals surface area contributed by atoms with E-state index in [1.807, 2.05) is 34.6 Å². The number of nitrogens with one attached hydrogen (secondary N) is 1. The minimum atomic E-state index is -0.418. The second kappa shape index (κ2) is 5.87. The fourth-order valence-corrected chi connectivity index (χ4v) is 1.36. The zero-order chi connectivity index (χ0) is 12.9. The number of amides is 2. The molecular weight excluding hydrogens is 204 g/mol. The van der Waals surface area contributed by atoms with E-state index >= 15 is 0 Å². The van der Waals surface area contributed by atoms with Gasteiger partial charge in [0.1, 0.15) is 0 Å². The van der Waals surface area contributed by atoms with Gasteiger partial charge in [-0.15, -0.1) is 0 Å². The minimum Gasteiger partial charge on any atom is -0.328 e. The maximum Gasteiger partial charge on any atom is 0.317 e. The van der Waals surface area contributed by atoms with E-state index in [9.17, 15) is 9.59 Å². The van der Waals surface area contributed by atoms with E-state index in [-0.39, 0.29) is 17.2 Å². The third-order valence-corrected chi connectivity index (χ3v) is 2.63. The molecule has 0 aliphatic heterocycles. The van der Waals surface area contributed by atoms with Crippen molar-refractivity contribution in [2.45, 2.75) is 47.1 Å². The smallest absolute Gasteiger partial charge is 0.317 e. The molecule has 0 aromatic carbocycles. The van der Waals surface area contributed by atoms with Gasteiger partial charge in [0.2, 0.25) is 0 Å². The molecule has 94 valence electrons. The molecule has 0 saturated carbocycles. The van der Waals surface area contributed by atoms with Crippen molar-refractivity contribution >= 4 is 11.8 Å². The van der Waals surface area contributed by atoms with E-state index in [4.69, 9.17) is 0 Å². The lowest BCUT2D eigenvalue weighted by molar-refractivity contribution is -0.122. The van der Waals surface area contributed by atoms with Gasteiger partial charge in [-0.1, -0.05) is 27.7 Å². The Kier molecular flexibility index (Phi) is 5.48. The largest absolute Gasteiger partial charge is 0.328 e. The molecule has 0 spiro atoms. The van der Waals surface area contributed by atoms with Crippen molar-refractivity contribution in [1.29, 1.82) is 0 Å². The predicted octanol–water partition coefficient (Wildman–Crippen LogP) is 2.04. The maximum absolute atomic E-state index is 11.8. The van der Waals surface area contributed by atoms with E-state index in [1.54, 1.807) is 11.9 Å². The molecular formula is C12H24N2O2. The SMILES string of the molecule is CCC(=O)C(NC(=O)N(C)CC)C(C)(C)C. The average molecular weight is 228 g/mol. The van der Waals surface area contributed by atoms with Gasteiger partial charge in [-0.25, -0.2) is 4.79 Å². The zero-order valence-electron chi connectivity index (χ0n) is 11.3. The molecule has 0 bridgehead atoms. The van der Waals surface area contributed by atoms with Gasteiger partial charge in [-0.3, -0.25) is 4.79 Å². The van der Waals surface area contributed by atoms with Crippen LogP contribution in [0.3, 0.4) is 0 Å². The summed E-state index contributed by atoms with van der Waals surface area (Å²) >= 11 is 0. The normalized spacial score (nSPS) is 13.1. The summed E-state index contributed by atoms with van der Waals surface area (Å²) in [6.45, 7) is 10.2. The lowest BCUT2D eigenvalue weighted by Gasteiger charge is -2.31. The highest BCUT2D eigenvalue weighted by Crippen LogP contribution is 2.21. The standard InChI is InChI=1S/C12H24N2O2/c1-7-9(15)10(12(3,4)5)13-11(16)14(6)8-2/h10H,7-8H2,1-6H3,(H,13,16). The molecule has 0 aliphatic carbocycles. The second-order valence-corrected chi connectivity index (χ2v) is 5.08. The third-order valence-electron chi connectivity index (χ3n) is 2.63. The summed E-state index contributed by atoms with van der Waals surface area (Å²) in [6, 6.07) is -0.608. The molecule has 0 radical (unpaired) electrons. The molecule has 0 aromatic heterocycles. The molecule has 1 N–H and O–H groups in total. The first-order valence-electron chi connectivity index (χ1n) is 5.78. The van der Waals surface area contributed by atoms with Crippen molar-refractivity contribution in [2.24, 2.45) is 5.41 Å². The van der Waals surface area contributed by atoms with Gasteiger partial charge in [0, 0.05) is 20.0 Å². The van der Waals surface area contributed by atoms with Crippen LogP contribution in [0, 0.1) is 5.41 Å². The molecule has 0 saturated heterocycles. The average Bonchev–Trinajstić information content (AvgIpc) is 2.21. The number of carbonyl (C=O) groups excluding carboxylic acids is 2. The highest BCUT2D eigenvalue weighted by Gasteiger charge is 2.31. The summed E-state index contributed by atoms with van der Waals surface area (Å²) in [7, 11) is 1.71. The van der Waals surface area contributed by atoms with Crippen LogP contribution in [0.15, 0.2) is 0 Å². The molecule has 0 heterocycles. The number of hydrogen-bond donors (Lipinski definition) is 1. The van der Waals surface area contributed by atoms with Crippen LogP contribution in [0.4, 0.5) is 4.79 Å². The second-order valence-electron chi connectivity index (χ2n) is 5.08. The van der Waals surface area contributed by atoms with Crippen LogP contribution in [-0.2, 0) is 4.79 Å². The molecule has 1 unspecified atom stereocenters. The molecule has 4 heteroatoms. The molecule has 2 amide bonds. The fourth-order valence-electron chi connectivity index (χ4n) is 1.36. The van der Waals surface area contributed by atoms with Gasteiger partial charge in [-0.2, -0.15) is 0 Å². The lowest BCUT2D eigenvalue weighted by Crippen LogP contribution is -2.52. The Morgan fingerprint density at radius 2 is 1.75 bits per heavy atom. The highest BCUT2D eigenvalue weighted by molar-refractivity contribution is 5.89. The number of ketones is 1. The molecule has 16 heavy (non-hydrogen) atoms. The number of rotatable bonds is 4. The van der Waals surface area contributed by atoms with Crippen LogP contribution in [0.25, 0.3) is 0 Å². The minimum absolute atomic E-state index is 0.0744. The Hall–Kier alpha value is -1.06. The molecule has 0 fully saturated rings. The molecule has 0 aliphatic rings. The fraction of sp³-hybridized carbons (Fsp3) is 0.833. The number of hydrogen-bond acceptors (Lipinski definition) is 2. The van der Waals surface area contributed by atoms with Crippen LogP contribution >= 0.6 is 0 Å². The van der Waals surface area contributed by atoms with Crippen molar-refractivity contribution in [3.8, 4) is 0 Å². The van der Waals surface area contributed by atoms with Gasteiger partial charge in [0.25, 0.3) is 0 Å². The number of carbonyl (C=O) groups is 2. The van der Waals surface area contributed by atoms with Crippen LogP contribution in [0.5, 0.6) is 0 Å². The van der Waals surface area contributed by atoms with Crippen molar-refractivity contribution in [2.75, 3.05) is 13.6 Å². The van der Waals surface area contributed by atoms with Crippen molar-refractivity contribution in [1.82, 2.24) is 10.2 Å². The monoisotopic (exact) mass is 228 g/mol. The van der Waals surface area contributed by atoms with E-state index in [2.05, 4.69) is 5.32 Å². The number of Topliss-reactive ketones (excluding diaryl/α,β-unsaturated/α-hetero) is 1. The van der Waals surface area contributed by atoms with Crippen LogP contribution in [-0.4, -0.2) is 36.3 Å². The highest BCUT2D eigenvalue weighted by atomic mass is 16.2. The zero-order valence-corrected chi connectivity index (χ0v) is 11.3. The lowest BCUT2D eigenvalue weighted by atomic mass is 9.83.